The molecule has 0 radical (unpaired) electrons. The predicted octanol–water partition coefficient (Wildman–Crippen LogP) is 2.27. The number of aryl methyl sites for hydroxylation is 2. The van der Waals surface area contributed by atoms with Crippen LogP contribution in [0.15, 0.2) is 18.2 Å². The summed E-state index contributed by atoms with van der Waals surface area (Å²) in [5, 5.41) is 0. The van der Waals surface area contributed by atoms with Gasteiger partial charge in [0.1, 0.15) is 5.75 Å². The van der Waals surface area contributed by atoms with E-state index in [9.17, 15) is 0 Å². The van der Waals surface area contributed by atoms with Crippen molar-refractivity contribution in [1.29, 1.82) is 0 Å². The zero-order valence-electron chi connectivity index (χ0n) is 11.7. The molecule has 1 saturated heterocycles. The van der Waals surface area contributed by atoms with Gasteiger partial charge in [0.15, 0.2) is 0 Å². The fourth-order valence-corrected chi connectivity index (χ4v) is 3.30. The number of fused-ring (bicyclic) bond motifs is 1. The van der Waals surface area contributed by atoms with Gasteiger partial charge in [0.05, 0.1) is 20.3 Å². The summed E-state index contributed by atoms with van der Waals surface area (Å²) in [4.78, 5) is 2.62. The first-order chi connectivity index (χ1) is 9.36. The number of hydrogen-bond donors (Lipinski definition) is 0. The second kappa shape index (κ2) is 5.93. The maximum absolute atomic E-state index is 5.46. The Morgan fingerprint density at radius 1 is 1.11 bits per heavy atom. The Kier molecular flexibility index (Phi) is 4.04. The lowest BCUT2D eigenvalue weighted by Gasteiger charge is -2.33. The standard InChI is InChI=1S/C16H23NO2/c1-18-16-7-4-13-2-5-15(6-3-14(13)12-16)17-8-10-19-11-9-17/h4,7,12,15H,2-3,5-6,8-11H2,1H3. The van der Waals surface area contributed by atoms with Crippen molar-refractivity contribution in [2.45, 2.75) is 31.7 Å². The number of rotatable bonds is 2. The second-order valence-electron chi connectivity index (χ2n) is 5.51. The Labute approximate surface area is 115 Å². The zero-order valence-corrected chi connectivity index (χ0v) is 11.7. The SMILES string of the molecule is COc1ccc2c(c1)CCC(N1CCOCC1)CC2. The Hall–Kier alpha value is -1.06. The minimum absolute atomic E-state index is 0.724. The highest BCUT2D eigenvalue weighted by Gasteiger charge is 2.23. The fraction of sp³-hybridized carbons (Fsp3) is 0.625. The van der Waals surface area contributed by atoms with Crippen molar-refractivity contribution in [1.82, 2.24) is 4.90 Å². The van der Waals surface area contributed by atoms with Gasteiger partial charge in [-0.1, -0.05) is 6.07 Å². The van der Waals surface area contributed by atoms with E-state index in [2.05, 4.69) is 23.1 Å². The molecule has 3 heteroatoms. The summed E-state index contributed by atoms with van der Waals surface area (Å²) in [6.07, 6.45) is 4.91. The van der Waals surface area contributed by atoms with Crippen molar-refractivity contribution in [2.24, 2.45) is 0 Å². The summed E-state index contributed by atoms with van der Waals surface area (Å²) >= 11 is 0. The van der Waals surface area contributed by atoms with Crippen LogP contribution in [0.1, 0.15) is 24.0 Å². The van der Waals surface area contributed by atoms with Crippen molar-refractivity contribution in [3.63, 3.8) is 0 Å². The third kappa shape index (κ3) is 2.93. The molecule has 1 atom stereocenters. The number of ether oxygens (including phenoxy) is 2. The third-order valence-corrected chi connectivity index (χ3v) is 4.47. The molecule has 1 aliphatic heterocycles. The summed E-state index contributed by atoms with van der Waals surface area (Å²) in [6.45, 7) is 4.00. The van der Waals surface area contributed by atoms with Crippen molar-refractivity contribution in [2.75, 3.05) is 33.4 Å². The smallest absolute Gasteiger partial charge is 0.119 e. The summed E-state index contributed by atoms with van der Waals surface area (Å²) in [6, 6.07) is 7.28. The Bertz CT molecular complexity index is 427. The van der Waals surface area contributed by atoms with Gasteiger partial charge < -0.3 is 9.47 Å². The Morgan fingerprint density at radius 3 is 2.58 bits per heavy atom. The summed E-state index contributed by atoms with van der Waals surface area (Å²) in [5.41, 5.74) is 2.99. The lowest BCUT2D eigenvalue weighted by molar-refractivity contribution is 0.0136. The molecule has 2 aliphatic rings. The molecule has 1 aliphatic carbocycles. The van der Waals surface area contributed by atoms with Gasteiger partial charge in [-0.2, -0.15) is 0 Å². The van der Waals surface area contributed by atoms with Crippen LogP contribution in [0.3, 0.4) is 0 Å². The molecule has 1 fully saturated rings. The van der Waals surface area contributed by atoms with Gasteiger partial charge in [-0.05, 0) is 48.9 Å². The van der Waals surface area contributed by atoms with E-state index in [1.54, 1.807) is 7.11 Å². The van der Waals surface area contributed by atoms with Gasteiger partial charge in [-0.15, -0.1) is 0 Å². The maximum Gasteiger partial charge on any atom is 0.119 e. The highest BCUT2D eigenvalue weighted by atomic mass is 16.5. The lowest BCUT2D eigenvalue weighted by Crippen LogP contribution is -2.43. The molecule has 1 unspecified atom stereocenters. The summed E-state index contributed by atoms with van der Waals surface area (Å²) in [5.74, 6) is 0.989. The first-order valence-corrected chi connectivity index (χ1v) is 7.34. The van der Waals surface area contributed by atoms with Gasteiger partial charge in [-0.3, -0.25) is 4.90 Å². The van der Waals surface area contributed by atoms with E-state index in [0.717, 1.165) is 38.1 Å². The summed E-state index contributed by atoms with van der Waals surface area (Å²) in [7, 11) is 1.75. The van der Waals surface area contributed by atoms with E-state index < -0.39 is 0 Å². The topological polar surface area (TPSA) is 21.7 Å². The molecule has 0 aromatic heterocycles. The molecule has 1 aromatic rings. The minimum atomic E-state index is 0.724. The van der Waals surface area contributed by atoms with Crippen LogP contribution >= 0.6 is 0 Å². The normalized spacial score (nSPS) is 24.6. The average molecular weight is 261 g/mol. The van der Waals surface area contributed by atoms with Crippen LogP contribution in [0, 0.1) is 0 Å². The molecule has 3 rings (SSSR count). The number of methoxy groups -OCH3 is 1. The van der Waals surface area contributed by atoms with E-state index in [-0.39, 0.29) is 0 Å². The molecule has 0 saturated carbocycles. The molecule has 1 aromatic carbocycles. The highest BCUT2D eigenvalue weighted by molar-refractivity contribution is 5.36. The molecule has 0 bridgehead atoms. The van der Waals surface area contributed by atoms with Crippen LogP contribution < -0.4 is 4.74 Å². The van der Waals surface area contributed by atoms with Crippen LogP contribution in [0.5, 0.6) is 5.75 Å². The first-order valence-electron chi connectivity index (χ1n) is 7.34. The van der Waals surface area contributed by atoms with E-state index in [4.69, 9.17) is 9.47 Å². The van der Waals surface area contributed by atoms with Crippen molar-refractivity contribution in [3.05, 3.63) is 29.3 Å². The van der Waals surface area contributed by atoms with Crippen LogP contribution in [-0.2, 0) is 17.6 Å². The number of nitrogens with zero attached hydrogens (tertiary/aromatic N) is 1. The Morgan fingerprint density at radius 2 is 1.84 bits per heavy atom. The van der Waals surface area contributed by atoms with Gasteiger partial charge in [0, 0.05) is 19.1 Å². The lowest BCUT2D eigenvalue weighted by atomic mass is 10.0. The number of morpholine rings is 1. The van der Waals surface area contributed by atoms with Crippen LogP contribution in [0.4, 0.5) is 0 Å². The molecule has 3 nitrogen and oxygen atoms in total. The van der Waals surface area contributed by atoms with E-state index in [1.165, 1.54) is 36.8 Å². The van der Waals surface area contributed by atoms with E-state index in [0.29, 0.717) is 0 Å². The van der Waals surface area contributed by atoms with Gasteiger partial charge >= 0.3 is 0 Å². The number of benzene rings is 1. The quantitative estimate of drug-likeness (QED) is 0.762. The van der Waals surface area contributed by atoms with Gasteiger partial charge in [0.2, 0.25) is 0 Å². The van der Waals surface area contributed by atoms with Gasteiger partial charge in [-0.25, -0.2) is 0 Å². The largest absolute Gasteiger partial charge is 0.497 e. The highest BCUT2D eigenvalue weighted by Crippen LogP contribution is 2.27. The van der Waals surface area contributed by atoms with E-state index >= 15 is 0 Å². The zero-order chi connectivity index (χ0) is 13.1. The second-order valence-corrected chi connectivity index (χ2v) is 5.51. The Balaban J connectivity index is 1.69. The molecule has 104 valence electrons. The molecule has 1 heterocycles. The molecular weight excluding hydrogens is 238 g/mol. The average Bonchev–Trinajstić information content (AvgIpc) is 2.70. The molecular formula is C16H23NO2. The van der Waals surface area contributed by atoms with Gasteiger partial charge in [0.25, 0.3) is 0 Å². The summed E-state index contributed by atoms with van der Waals surface area (Å²) < 4.78 is 10.8. The third-order valence-electron chi connectivity index (χ3n) is 4.47. The predicted molar refractivity (Wildman–Crippen MR) is 75.8 cm³/mol. The molecule has 0 N–H and O–H groups in total. The van der Waals surface area contributed by atoms with Crippen molar-refractivity contribution in [3.8, 4) is 5.75 Å². The van der Waals surface area contributed by atoms with Crippen molar-refractivity contribution >= 4 is 0 Å². The van der Waals surface area contributed by atoms with Crippen LogP contribution in [-0.4, -0.2) is 44.4 Å². The monoisotopic (exact) mass is 261 g/mol. The van der Waals surface area contributed by atoms with Crippen LogP contribution in [0.25, 0.3) is 0 Å². The van der Waals surface area contributed by atoms with E-state index in [1.807, 2.05) is 0 Å². The molecule has 19 heavy (non-hydrogen) atoms. The minimum Gasteiger partial charge on any atom is -0.497 e. The fourth-order valence-electron chi connectivity index (χ4n) is 3.30. The molecule has 0 amide bonds. The maximum atomic E-state index is 5.46. The van der Waals surface area contributed by atoms with Crippen LogP contribution in [0.2, 0.25) is 0 Å². The van der Waals surface area contributed by atoms with Crippen molar-refractivity contribution < 1.29 is 9.47 Å². The first kappa shape index (κ1) is 12.9. The number of hydrogen-bond acceptors (Lipinski definition) is 3. The molecule has 0 spiro atoms.